The van der Waals surface area contributed by atoms with Gasteiger partial charge in [-0.2, -0.15) is 0 Å². The van der Waals surface area contributed by atoms with Crippen LogP contribution in [0.25, 0.3) is 10.9 Å². The molecule has 3 aromatic carbocycles. The molecule has 8 N–H and O–H groups in total. The van der Waals surface area contributed by atoms with E-state index >= 15 is 0 Å². The SMILES string of the molecule is CN=C(N)NCCC[C@@H]1NC(=O)[C@@H](Cc2ccccc2)CC[C@H](Cc2ccc(Cl)cc2)NC(=O)CCCCCCCCCCNC(=O)[C@H](Cc2c[nH]c3ccccc23)NC1=O. The molecule has 5 rings (SSSR count). The highest BCUT2D eigenvalue weighted by molar-refractivity contribution is 6.30. The fourth-order valence-electron chi connectivity index (χ4n) is 8.03. The number of fused-ring (bicyclic) bond motifs is 1. The predicted molar refractivity (Wildman–Crippen MR) is 245 cm³/mol. The molecule has 1 aliphatic rings. The number of H-pyrrole nitrogens is 1. The van der Waals surface area contributed by atoms with E-state index in [0.29, 0.717) is 56.6 Å². The van der Waals surface area contributed by atoms with Crippen LogP contribution in [0, 0.1) is 5.92 Å². The number of amides is 4. The molecule has 4 atom stereocenters. The first-order valence-corrected chi connectivity index (χ1v) is 22.5. The summed E-state index contributed by atoms with van der Waals surface area (Å²) in [6, 6.07) is 23.3. The molecule has 13 heteroatoms. The van der Waals surface area contributed by atoms with Gasteiger partial charge >= 0.3 is 0 Å². The maximum Gasteiger partial charge on any atom is 0.243 e. The van der Waals surface area contributed by atoms with Crippen molar-refractivity contribution in [3.8, 4) is 0 Å². The number of nitrogens with zero attached hydrogens (tertiary/aromatic N) is 1. The summed E-state index contributed by atoms with van der Waals surface area (Å²) in [5.74, 6) is -1.19. The second kappa shape index (κ2) is 25.4. The molecular weight excluding hydrogens is 788 g/mol. The van der Waals surface area contributed by atoms with Crippen LogP contribution in [0.15, 0.2) is 90.1 Å². The van der Waals surface area contributed by atoms with Crippen molar-refractivity contribution in [1.82, 2.24) is 31.6 Å². The van der Waals surface area contributed by atoms with Crippen LogP contribution < -0.4 is 32.3 Å². The Labute approximate surface area is 366 Å². The first-order valence-electron chi connectivity index (χ1n) is 22.2. The molecule has 0 unspecified atom stereocenters. The van der Waals surface area contributed by atoms with Crippen molar-refractivity contribution in [3.63, 3.8) is 0 Å². The predicted octanol–water partition coefficient (Wildman–Crippen LogP) is 6.66. The number of rotatable bonds is 10. The first-order chi connectivity index (χ1) is 29.7. The topological polar surface area (TPSA) is 183 Å². The lowest BCUT2D eigenvalue weighted by Gasteiger charge is -2.26. The van der Waals surface area contributed by atoms with Gasteiger partial charge in [0.2, 0.25) is 23.6 Å². The molecule has 12 nitrogen and oxygen atoms in total. The Bertz CT molecular complexity index is 2000. The third-order valence-electron chi connectivity index (χ3n) is 11.5. The van der Waals surface area contributed by atoms with Gasteiger partial charge in [0.05, 0.1) is 0 Å². The van der Waals surface area contributed by atoms with E-state index in [0.717, 1.165) is 79.0 Å². The Morgan fingerprint density at radius 2 is 1.39 bits per heavy atom. The van der Waals surface area contributed by atoms with Gasteiger partial charge in [0.15, 0.2) is 5.96 Å². The summed E-state index contributed by atoms with van der Waals surface area (Å²) in [6.45, 7) is 0.933. The number of nitrogens with two attached hydrogens (primary N) is 1. The minimum Gasteiger partial charge on any atom is -0.370 e. The normalized spacial score (nSPS) is 21.4. The van der Waals surface area contributed by atoms with Gasteiger partial charge in [-0.3, -0.25) is 24.2 Å². The number of guanidine groups is 1. The van der Waals surface area contributed by atoms with E-state index in [1.807, 2.05) is 85.1 Å². The molecule has 1 aliphatic heterocycles. The number of aromatic nitrogens is 1. The summed E-state index contributed by atoms with van der Waals surface area (Å²) in [6.07, 6.45) is 13.4. The number of aromatic amines is 1. The van der Waals surface area contributed by atoms with Crippen LogP contribution in [0.2, 0.25) is 5.02 Å². The molecule has 328 valence electrons. The van der Waals surface area contributed by atoms with Crippen molar-refractivity contribution in [1.29, 1.82) is 0 Å². The lowest BCUT2D eigenvalue weighted by Crippen LogP contribution is -2.55. The molecule has 1 aromatic heterocycles. The highest BCUT2D eigenvalue weighted by Gasteiger charge is 2.30. The van der Waals surface area contributed by atoms with Gasteiger partial charge in [0.25, 0.3) is 0 Å². The zero-order valence-electron chi connectivity index (χ0n) is 35.7. The number of carbonyl (C=O) groups is 4. The zero-order valence-corrected chi connectivity index (χ0v) is 36.4. The van der Waals surface area contributed by atoms with E-state index in [2.05, 4.69) is 36.6 Å². The summed E-state index contributed by atoms with van der Waals surface area (Å²) in [5, 5.41) is 17.2. The second-order valence-corrected chi connectivity index (χ2v) is 16.7. The largest absolute Gasteiger partial charge is 0.370 e. The van der Waals surface area contributed by atoms with Gasteiger partial charge in [0, 0.05) is 67.1 Å². The van der Waals surface area contributed by atoms with Crippen molar-refractivity contribution in [3.05, 3.63) is 107 Å². The van der Waals surface area contributed by atoms with Crippen LogP contribution in [-0.2, 0) is 38.4 Å². The number of hydrogen-bond donors (Lipinski definition) is 7. The second-order valence-electron chi connectivity index (χ2n) is 16.3. The lowest BCUT2D eigenvalue weighted by molar-refractivity contribution is -0.133. The van der Waals surface area contributed by atoms with Gasteiger partial charge in [-0.15, -0.1) is 0 Å². The molecule has 4 aromatic rings. The van der Waals surface area contributed by atoms with E-state index in [9.17, 15) is 19.2 Å². The van der Waals surface area contributed by atoms with Crippen LogP contribution in [0.1, 0.15) is 100 Å². The van der Waals surface area contributed by atoms with Crippen LogP contribution in [0.5, 0.6) is 0 Å². The number of para-hydroxylation sites is 1. The molecule has 0 spiro atoms. The molecule has 0 radical (unpaired) electrons. The van der Waals surface area contributed by atoms with Gasteiger partial charge in [-0.1, -0.05) is 111 Å². The average molecular weight is 854 g/mol. The number of benzene rings is 3. The summed E-state index contributed by atoms with van der Waals surface area (Å²) in [5.41, 5.74) is 9.78. The van der Waals surface area contributed by atoms with Gasteiger partial charge in [-0.05, 0) is 86.3 Å². The standard InChI is InChI=1S/C48H65ClN8O4/c1-51-48(50)53-29-15-20-42-47(61)57-43(32-37-33-54-41-19-13-12-18-40(37)41)46(60)52-28-14-7-5-3-2-4-6-11-21-44(58)55-39(31-35-22-25-38(49)26-23-35)27-24-36(45(59)56-42)30-34-16-9-8-10-17-34/h8-10,12-13,16-19,22-23,25-26,33,36,39,42-43,54H,2-7,11,14-15,20-21,24,27-32H2,1H3,(H,52,60)(H,55,58)(H,56,59)(H,57,61)(H3,50,51,53)/t36-,39-,42+,43+/m1/s1. The maximum absolute atomic E-state index is 14.6. The number of hydrogen-bond acceptors (Lipinski definition) is 5. The Balaban J connectivity index is 1.42. The summed E-state index contributed by atoms with van der Waals surface area (Å²) >= 11 is 6.21. The zero-order chi connectivity index (χ0) is 43.2. The minimum absolute atomic E-state index is 0.0146. The Morgan fingerprint density at radius 1 is 0.721 bits per heavy atom. The van der Waals surface area contributed by atoms with E-state index < -0.39 is 23.9 Å². The van der Waals surface area contributed by atoms with Crippen molar-refractivity contribution >= 4 is 52.1 Å². The molecule has 1 saturated heterocycles. The number of halogens is 1. The number of nitrogens with one attached hydrogen (secondary N) is 6. The quantitative estimate of drug-likeness (QED) is 0.0533. The molecular formula is C48H65ClN8O4. The van der Waals surface area contributed by atoms with Crippen LogP contribution in [0.4, 0.5) is 0 Å². The number of aliphatic imine (C=N–C) groups is 1. The smallest absolute Gasteiger partial charge is 0.243 e. The van der Waals surface area contributed by atoms with Crippen LogP contribution >= 0.6 is 11.6 Å². The first kappa shape index (κ1) is 46.7. The molecule has 1 fully saturated rings. The summed E-state index contributed by atoms with van der Waals surface area (Å²) in [4.78, 5) is 63.5. The molecule has 4 amide bonds. The monoisotopic (exact) mass is 852 g/mol. The van der Waals surface area contributed by atoms with Crippen molar-refractivity contribution in [2.45, 2.75) is 121 Å². The average Bonchev–Trinajstić information content (AvgIpc) is 3.67. The van der Waals surface area contributed by atoms with Gasteiger partial charge in [-0.25, -0.2) is 0 Å². The lowest BCUT2D eigenvalue weighted by atomic mass is 9.90. The van der Waals surface area contributed by atoms with E-state index in [1.165, 1.54) is 0 Å². The number of carbonyl (C=O) groups excluding carboxylic acids is 4. The van der Waals surface area contributed by atoms with Gasteiger partial charge < -0.3 is 37.3 Å². The van der Waals surface area contributed by atoms with Crippen molar-refractivity contribution in [2.24, 2.45) is 16.6 Å². The minimum atomic E-state index is -0.944. The maximum atomic E-state index is 14.6. The Kier molecular flexibility index (Phi) is 19.5. The Hall–Kier alpha value is -5.36. The van der Waals surface area contributed by atoms with Crippen molar-refractivity contribution < 1.29 is 19.2 Å². The molecule has 0 bridgehead atoms. The fourth-order valence-corrected chi connectivity index (χ4v) is 8.15. The molecule has 2 heterocycles. The summed E-state index contributed by atoms with van der Waals surface area (Å²) < 4.78 is 0. The van der Waals surface area contributed by atoms with E-state index in [4.69, 9.17) is 17.3 Å². The molecule has 0 saturated carbocycles. The van der Waals surface area contributed by atoms with Crippen LogP contribution in [-0.4, -0.2) is 72.8 Å². The van der Waals surface area contributed by atoms with Gasteiger partial charge in [0.1, 0.15) is 12.1 Å². The van der Waals surface area contributed by atoms with Crippen LogP contribution in [0.3, 0.4) is 0 Å². The highest BCUT2D eigenvalue weighted by Crippen LogP contribution is 2.22. The molecule has 0 aliphatic carbocycles. The Morgan fingerprint density at radius 3 is 2.15 bits per heavy atom. The van der Waals surface area contributed by atoms with E-state index in [1.54, 1.807) is 7.05 Å². The fraction of sp³-hybridized carbons (Fsp3) is 0.479. The summed E-state index contributed by atoms with van der Waals surface area (Å²) in [7, 11) is 1.59. The van der Waals surface area contributed by atoms with Crippen molar-refractivity contribution in [2.75, 3.05) is 20.1 Å². The molecule has 61 heavy (non-hydrogen) atoms. The van der Waals surface area contributed by atoms with E-state index in [-0.39, 0.29) is 42.6 Å². The third-order valence-corrected chi connectivity index (χ3v) is 11.8. The highest BCUT2D eigenvalue weighted by atomic mass is 35.5. The third kappa shape index (κ3) is 16.2.